The van der Waals surface area contributed by atoms with E-state index >= 15 is 0 Å². The minimum absolute atomic E-state index is 0.307. The maximum Gasteiger partial charge on any atom is 0.102 e. The van der Waals surface area contributed by atoms with Gasteiger partial charge in [-0.3, -0.25) is 0 Å². The fourth-order valence-corrected chi connectivity index (χ4v) is 1.07. The van der Waals surface area contributed by atoms with Crippen LogP contribution in [-0.4, -0.2) is 18.8 Å². The van der Waals surface area contributed by atoms with Gasteiger partial charge in [0.15, 0.2) is 0 Å². The molecule has 2 nitrogen and oxygen atoms in total. The molecule has 0 aromatic heterocycles. The summed E-state index contributed by atoms with van der Waals surface area (Å²) in [4.78, 5) is 0. The SMILES string of the molecule is COC[C@H](O)c1ccc(Cl)cc1. The summed E-state index contributed by atoms with van der Waals surface area (Å²) in [6, 6.07) is 7.06. The van der Waals surface area contributed by atoms with Crippen LogP contribution in [0.3, 0.4) is 0 Å². The number of aliphatic hydroxyl groups is 1. The molecule has 1 rings (SSSR count). The lowest BCUT2D eigenvalue weighted by Gasteiger charge is -2.08. The van der Waals surface area contributed by atoms with E-state index in [0.29, 0.717) is 11.6 Å². The standard InChI is InChI=1S/C9H11ClO2/c1-12-6-9(11)7-2-4-8(10)5-3-7/h2-5,9,11H,6H2,1H3/t9-/m0/s1. The van der Waals surface area contributed by atoms with Crippen LogP contribution in [0.2, 0.25) is 5.02 Å². The van der Waals surface area contributed by atoms with E-state index in [0.717, 1.165) is 5.56 Å². The molecule has 0 spiro atoms. The van der Waals surface area contributed by atoms with E-state index in [1.807, 2.05) is 0 Å². The van der Waals surface area contributed by atoms with Crippen molar-refractivity contribution in [1.82, 2.24) is 0 Å². The Bertz CT molecular complexity index is 233. The Morgan fingerprint density at radius 3 is 2.50 bits per heavy atom. The normalized spacial score (nSPS) is 12.9. The number of halogens is 1. The molecule has 1 atom stereocenters. The summed E-state index contributed by atoms with van der Waals surface area (Å²) in [5.41, 5.74) is 0.821. The molecule has 0 amide bonds. The second-order valence-corrected chi connectivity index (χ2v) is 2.96. The van der Waals surface area contributed by atoms with Crippen LogP contribution in [0.15, 0.2) is 24.3 Å². The van der Waals surface area contributed by atoms with Gasteiger partial charge in [0, 0.05) is 12.1 Å². The predicted octanol–water partition coefficient (Wildman–Crippen LogP) is 2.02. The van der Waals surface area contributed by atoms with Crippen molar-refractivity contribution >= 4 is 11.6 Å². The van der Waals surface area contributed by atoms with E-state index in [4.69, 9.17) is 16.3 Å². The molecular weight excluding hydrogens is 176 g/mol. The summed E-state index contributed by atoms with van der Waals surface area (Å²) < 4.78 is 4.81. The fraction of sp³-hybridized carbons (Fsp3) is 0.333. The number of methoxy groups -OCH3 is 1. The first kappa shape index (κ1) is 9.52. The van der Waals surface area contributed by atoms with Gasteiger partial charge in [0.1, 0.15) is 6.10 Å². The van der Waals surface area contributed by atoms with E-state index in [-0.39, 0.29) is 0 Å². The number of ether oxygens (including phenoxy) is 1. The Hall–Kier alpha value is -0.570. The highest BCUT2D eigenvalue weighted by atomic mass is 35.5. The van der Waals surface area contributed by atoms with Gasteiger partial charge in [-0.15, -0.1) is 0 Å². The minimum Gasteiger partial charge on any atom is -0.386 e. The highest BCUT2D eigenvalue weighted by Gasteiger charge is 2.05. The average Bonchev–Trinajstić information content (AvgIpc) is 2.06. The molecule has 66 valence electrons. The van der Waals surface area contributed by atoms with Gasteiger partial charge in [-0.1, -0.05) is 23.7 Å². The van der Waals surface area contributed by atoms with Crippen molar-refractivity contribution < 1.29 is 9.84 Å². The summed E-state index contributed by atoms with van der Waals surface area (Å²) in [6.45, 7) is 0.307. The number of rotatable bonds is 3. The van der Waals surface area contributed by atoms with Gasteiger partial charge in [-0.05, 0) is 17.7 Å². The molecule has 12 heavy (non-hydrogen) atoms. The number of hydrogen-bond acceptors (Lipinski definition) is 2. The molecule has 1 aromatic carbocycles. The van der Waals surface area contributed by atoms with Crippen molar-refractivity contribution in [3.63, 3.8) is 0 Å². The van der Waals surface area contributed by atoms with Gasteiger partial charge in [0.05, 0.1) is 6.61 Å². The lowest BCUT2D eigenvalue weighted by molar-refractivity contribution is 0.0644. The van der Waals surface area contributed by atoms with Crippen LogP contribution in [0, 0.1) is 0 Å². The van der Waals surface area contributed by atoms with Crippen molar-refractivity contribution in [2.24, 2.45) is 0 Å². The second kappa shape index (κ2) is 4.45. The third kappa shape index (κ3) is 2.48. The number of benzene rings is 1. The van der Waals surface area contributed by atoms with Crippen molar-refractivity contribution in [3.05, 3.63) is 34.9 Å². The first-order chi connectivity index (χ1) is 5.74. The maximum absolute atomic E-state index is 9.44. The molecule has 1 aromatic rings. The monoisotopic (exact) mass is 186 g/mol. The van der Waals surface area contributed by atoms with Crippen LogP contribution in [0.1, 0.15) is 11.7 Å². The molecule has 0 bridgehead atoms. The molecule has 0 aliphatic heterocycles. The Morgan fingerprint density at radius 1 is 1.42 bits per heavy atom. The minimum atomic E-state index is -0.563. The van der Waals surface area contributed by atoms with Crippen LogP contribution in [0.25, 0.3) is 0 Å². The van der Waals surface area contributed by atoms with Crippen LogP contribution in [-0.2, 0) is 4.74 Å². The molecule has 3 heteroatoms. The van der Waals surface area contributed by atoms with E-state index in [1.165, 1.54) is 0 Å². The smallest absolute Gasteiger partial charge is 0.102 e. The Labute approximate surface area is 76.7 Å². The van der Waals surface area contributed by atoms with Crippen molar-refractivity contribution in [2.75, 3.05) is 13.7 Å². The maximum atomic E-state index is 9.44. The Kier molecular flexibility index (Phi) is 3.53. The Balaban J connectivity index is 2.68. The molecule has 0 radical (unpaired) electrons. The van der Waals surface area contributed by atoms with Crippen molar-refractivity contribution in [3.8, 4) is 0 Å². The summed E-state index contributed by atoms with van der Waals surface area (Å²) in [5, 5.41) is 10.1. The average molecular weight is 187 g/mol. The van der Waals surface area contributed by atoms with E-state index < -0.39 is 6.10 Å². The largest absolute Gasteiger partial charge is 0.386 e. The second-order valence-electron chi connectivity index (χ2n) is 2.52. The molecular formula is C9H11ClO2. The van der Waals surface area contributed by atoms with Crippen LogP contribution in [0.4, 0.5) is 0 Å². The third-order valence-corrected chi connectivity index (χ3v) is 1.83. The molecule has 0 saturated heterocycles. The van der Waals surface area contributed by atoms with Crippen LogP contribution < -0.4 is 0 Å². The zero-order valence-electron chi connectivity index (χ0n) is 6.83. The first-order valence-electron chi connectivity index (χ1n) is 3.66. The zero-order chi connectivity index (χ0) is 8.97. The van der Waals surface area contributed by atoms with Crippen LogP contribution in [0.5, 0.6) is 0 Å². The number of hydrogen-bond donors (Lipinski definition) is 1. The van der Waals surface area contributed by atoms with Gasteiger partial charge < -0.3 is 9.84 Å². The molecule has 0 fully saturated rings. The van der Waals surface area contributed by atoms with Gasteiger partial charge in [-0.25, -0.2) is 0 Å². The highest BCUT2D eigenvalue weighted by Crippen LogP contribution is 2.16. The van der Waals surface area contributed by atoms with Gasteiger partial charge in [0.2, 0.25) is 0 Å². The van der Waals surface area contributed by atoms with Crippen molar-refractivity contribution in [2.45, 2.75) is 6.10 Å². The predicted molar refractivity (Wildman–Crippen MR) is 48.3 cm³/mol. The van der Waals surface area contributed by atoms with E-state index in [9.17, 15) is 5.11 Å². The summed E-state index contributed by atoms with van der Waals surface area (Å²) in [7, 11) is 1.55. The Morgan fingerprint density at radius 2 is 2.00 bits per heavy atom. The van der Waals surface area contributed by atoms with Gasteiger partial charge >= 0.3 is 0 Å². The summed E-state index contributed by atoms with van der Waals surface area (Å²) >= 11 is 5.68. The third-order valence-electron chi connectivity index (χ3n) is 1.58. The lowest BCUT2D eigenvalue weighted by atomic mass is 10.1. The van der Waals surface area contributed by atoms with Crippen molar-refractivity contribution in [1.29, 1.82) is 0 Å². The fourth-order valence-electron chi connectivity index (χ4n) is 0.939. The molecule has 0 unspecified atom stereocenters. The summed E-state index contributed by atoms with van der Waals surface area (Å²) in [5.74, 6) is 0. The van der Waals surface area contributed by atoms with E-state index in [1.54, 1.807) is 31.4 Å². The van der Waals surface area contributed by atoms with Gasteiger partial charge in [-0.2, -0.15) is 0 Å². The lowest BCUT2D eigenvalue weighted by Crippen LogP contribution is -2.04. The molecule has 0 saturated carbocycles. The first-order valence-corrected chi connectivity index (χ1v) is 4.04. The zero-order valence-corrected chi connectivity index (χ0v) is 7.58. The molecule has 1 N–H and O–H groups in total. The van der Waals surface area contributed by atoms with Crippen LogP contribution >= 0.6 is 11.6 Å². The quantitative estimate of drug-likeness (QED) is 0.783. The molecule has 0 aliphatic rings. The topological polar surface area (TPSA) is 29.5 Å². The van der Waals surface area contributed by atoms with Gasteiger partial charge in [0.25, 0.3) is 0 Å². The van der Waals surface area contributed by atoms with E-state index in [2.05, 4.69) is 0 Å². The summed E-state index contributed by atoms with van der Waals surface area (Å²) in [6.07, 6.45) is -0.563. The molecule has 0 aliphatic carbocycles. The molecule has 0 heterocycles. The number of aliphatic hydroxyl groups excluding tert-OH is 1. The highest BCUT2D eigenvalue weighted by molar-refractivity contribution is 6.30.